The van der Waals surface area contributed by atoms with E-state index in [4.69, 9.17) is 5.73 Å². The molecule has 1 atom stereocenters. The average molecular weight is 181 g/mol. The maximum Gasteiger partial charge on any atom is 0.146 e. The summed E-state index contributed by atoms with van der Waals surface area (Å²) in [7, 11) is 0. The number of nitrogens with two attached hydrogens (primary N) is 1. The van der Waals surface area contributed by atoms with Crippen LogP contribution in [0.1, 0.15) is 12.5 Å². The molecule has 0 heterocycles. The van der Waals surface area contributed by atoms with Gasteiger partial charge in [-0.3, -0.25) is 4.79 Å². The molecule has 2 nitrogen and oxygen atoms in total. The smallest absolute Gasteiger partial charge is 0.146 e. The van der Waals surface area contributed by atoms with E-state index in [1.807, 2.05) is 0 Å². The lowest BCUT2D eigenvalue weighted by molar-refractivity contribution is -0.118. The Bertz CT molecular complexity index is 312. The summed E-state index contributed by atoms with van der Waals surface area (Å²) in [5, 5.41) is 0. The first-order valence-corrected chi connectivity index (χ1v) is 4.10. The molecule has 1 aromatic rings. The van der Waals surface area contributed by atoms with Crippen molar-refractivity contribution in [2.24, 2.45) is 5.73 Å². The molecule has 0 radical (unpaired) electrons. The Hall–Kier alpha value is -1.22. The van der Waals surface area contributed by atoms with Crippen LogP contribution >= 0.6 is 0 Å². The van der Waals surface area contributed by atoms with Crippen LogP contribution in [0.4, 0.5) is 4.39 Å². The zero-order valence-electron chi connectivity index (χ0n) is 7.46. The summed E-state index contributed by atoms with van der Waals surface area (Å²) >= 11 is 0. The van der Waals surface area contributed by atoms with E-state index in [9.17, 15) is 9.18 Å². The van der Waals surface area contributed by atoms with Gasteiger partial charge in [0.25, 0.3) is 0 Å². The summed E-state index contributed by atoms with van der Waals surface area (Å²) in [4.78, 5) is 10.8. The van der Waals surface area contributed by atoms with Gasteiger partial charge in [-0.2, -0.15) is 0 Å². The minimum atomic E-state index is -0.600. The number of hydrogen-bond acceptors (Lipinski definition) is 2. The first-order valence-electron chi connectivity index (χ1n) is 4.10. The second-order valence-electron chi connectivity index (χ2n) is 3.01. The molecule has 3 heteroatoms. The van der Waals surface area contributed by atoms with Crippen molar-refractivity contribution < 1.29 is 9.18 Å². The number of halogens is 1. The van der Waals surface area contributed by atoms with Crippen LogP contribution in [0, 0.1) is 5.82 Å². The van der Waals surface area contributed by atoms with Gasteiger partial charge in [-0.1, -0.05) is 18.2 Å². The molecule has 0 aliphatic heterocycles. The molecule has 0 fully saturated rings. The van der Waals surface area contributed by atoms with Gasteiger partial charge in [-0.25, -0.2) is 4.39 Å². The van der Waals surface area contributed by atoms with Gasteiger partial charge in [0, 0.05) is 0 Å². The number of hydrogen-bond donors (Lipinski definition) is 1. The molecule has 0 aliphatic rings. The largest absolute Gasteiger partial charge is 0.321 e. The van der Waals surface area contributed by atoms with Crippen LogP contribution in [-0.2, 0) is 11.2 Å². The van der Waals surface area contributed by atoms with E-state index >= 15 is 0 Å². The van der Waals surface area contributed by atoms with Gasteiger partial charge in [0.1, 0.15) is 11.6 Å². The van der Waals surface area contributed by atoms with E-state index in [1.165, 1.54) is 13.0 Å². The van der Waals surface area contributed by atoms with Gasteiger partial charge in [0.05, 0.1) is 6.04 Å². The van der Waals surface area contributed by atoms with Crippen molar-refractivity contribution >= 4 is 5.78 Å². The molecule has 0 saturated heterocycles. The summed E-state index contributed by atoms with van der Waals surface area (Å²) in [6.07, 6.45) is 0.266. The zero-order chi connectivity index (χ0) is 9.84. The topological polar surface area (TPSA) is 43.1 Å². The van der Waals surface area contributed by atoms with Crippen molar-refractivity contribution in [3.05, 3.63) is 35.6 Å². The molecule has 0 unspecified atom stereocenters. The molecule has 0 saturated carbocycles. The summed E-state index contributed by atoms with van der Waals surface area (Å²) in [5.74, 6) is -0.428. The van der Waals surface area contributed by atoms with Crippen LogP contribution in [-0.4, -0.2) is 11.8 Å². The Morgan fingerprint density at radius 1 is 1.54 bits per heavy atom. The number of Topliss-reactive ketones (excluding diaryl/α,β-unsaturated/α-hetero) is 1. The van der Waals surface area contributed by atoms with Crippen molar-refractivity contribution in [1.82, 2.24) is 0 Å². The predicted molar refractivity (Wildman–Crippen MR) is 48.8 cm³/mol. The molecule has 0 spiro atoms. The molecule has 70 valence electrons. The van der Waals surface area contributed by atoms with Gasteiger partial charge in [0.2, 0.25) is 0 Å². The third-order valence-electron chi connectivity index (χ3n) is 1.92. The lowest BCUT2D eigenvalue weighted by Gasteiger charge is -2.07. The number of benzene rings is 1. The van der Waals surface area contributed by atoms with Crippen LogP contribution in [0.3, 0.4) is 0 Å². The van der Waals surface area contributed by atoms with Gasteiger partial charge >= 0.3 is 0 Å². The normalized spacial score (nSPS) is 12.5. The van der Waals surface area contributed by atoms with Crippen LogP contribution in [0.5, 0.6) is 0 Å². The fourth-order valence-electron chi connectivity index (χ4n) is 1.04. The third-order valence-corrected chi connectivity index (χ3v) is 1.92. The Balaban J connectivity index is 2.74. The van der Waals surface area contributed by atoms with E-state index in [1.54, 1.807) is 18.2 Å². The van der Waals surface area contributed by atoms with E-state index in [-0.39, 0.29) is 18.0 Å². The molecule has 0 aromatic heterocycles. The third kappa shape index (κ3) is 2.63. The summed E-state index contributed by atoms with van der Waals surface area (Å²) in [6.45, 7) is 1.41. The van der Waals surface area contributed by atoms with Crippen molar-refractivity contribution in [3.8, 4) is 0 Å². The molecule has 0 amide bonds. The average Bonchev–Trinajstić information content (AvgIpc) is 2.08. The molecular formula is C10H12FNO. The Morgan fingerprint density at radius 2 is 2.15 bits per heavy atom. The number of carbonyl (C=O) groups is 1. The molecule has 1 rings (SSSR count). The summed E-state index contributed by atoms with van der Waals surface area (Å²) < 4.78 is 13.0. The van der Waals surface area contributed by atoms with Crippen LogP contribution in [0.15, 0.2) is 24.3 Å². The second-order valence-corrected chi connectivity index (χ2v) is 3.01. The number of rotatable bonds is 3. The minimum absolute atomic E-state index is 0.122. The highest BCUT2D eigenvalue weighted by molar-refractivity contribution is 5.81. The molecule has 2 N–H and O–H groups in total. The van der Waals surface area contributed by atoms with Gasteiger partial charge < -0.3 is 5.73 Å². The number of carbonyl (C=O) groups excluding carboxylic acids is 1. The van der Waals surface area contributed by atoms with Crippen molar-refractivity contribution in [2.75, 3.05) is 0 Å². The Kier molecular flexibility index (Phi) is 3.14. The molecule has 0 bridgehead atoms. The van der Waals surface area contributed by atoms with Crippen LogP contribution in [0.25, 0.3) is 0 Å². The summed E-state index contributed by atoms with van der Waals surface area (Å²) in [6, 6.07) is 5.74. The fraction of sp³-hybridized carbons (Fsp3) is 0.300. The SMILES string of the molecule is CC(=O)[C@@H](N)Cc1ccccc1F. The highest BCUT2D eigenvalue weighted by atomic mass is 19.1. The highest BCUT2D eigenvalue weighted by Gasteiger charge is 2.11. The lowest BCUT2D eigenvalue weighted by Crippen LogP contribution is -2.30. The lowest BCUT2D eigenvalue weighted by atomic mass is 10.0. The predicted octanol–water partition coefficient (Wildman–Crippen LogP) is 1.28. The first kappa shape index (κ1) is 9.86. The fourth-order valence-corrected chi connectivity index (χ4v) is 1.04. The van der Waals surface area contributed by atoms with E-state index < -0.39 is 6.04 Å². The monoisotopic (exact) mass is 181 g/mol. The van der Waals surface area contributed by atoms with E-state index in [0.29, 0.717) is 5.56 Å². The van der Waals surface area contributed by atoms with Gasteiger partial charge in [-0.05, 0) is 25.0 Å². The van der Waals surface area contributed by atoms with E-state index in [0.717, 1.165) is 0 Å². The molecule has 0 aliphatic carbocycles. The minimum Gasteiger partial charge on any atom is -0.321 e. The summed E-state index contributed by atoms with van der Waals surface area (Å²) in [5.41, 5.74) is 5.99. The maximum atomic E-state index is 13.0. The Labute approximate surface area is 76.6 Å². The van der Waals surface area contributed by atoms with E-state index in [2.05, 4.69) is 0 Å². The molecular weight excluding hydrogens is 169 g/mol. The maximum absolute atomic E-state index is 13.0. The van der Waals surface area contributed by atoms with Gasteiger partial charge in [0.15, 0.2) is 0 Å². The first-order chi connectivity index (χ1) is 6.11. The molecule has 13 heavy (non-hydrogen) atoms. The van der Waals surface area contributed by atoms with Crippen molar-refractivity contribution in [3.63, 3.8) is 0 Å². The van der Waals surface area contributed by atoms with Crippen molar-refractivity contribution in [1.29, 1.82) is 0 Å². The van der Waals surface area contributed by atoms with Crippen molar-refractivity contribution in [2.45, 2.75) is 19.4 Å². The molecule has 1 aromatic carbocycles. The number of ketones is 1. The quantitative estimate of drug-likeness (QED) is 0.763. The Morgan fingerprint density at radius 3 is 2.69 bits per heavy atom. The second kappa shape index (κ2) is 4.14. The highest BCUT2D eigenvalue weighted by Crippen LogP contribution is 2.08. The standard InChI is InChI=1S/C10H12FNO/c1-7(13)10(12)6-8-4-2-3-5-9(8)11/h2-5,10H,6,12H2,1H3/t10-/m0/s1. The zero-order valence-corrected chi connectivity index (χ0v) is 7.46. The van der Waals surface area contributed by atoms with Crippen LogP contribution in [0.2, 0.25) is 0 Å². The van der Waals surface area contributed by atoms with Crippen LogP contribution < -0.4 is 5.73 Å². The van der Waals surface area contributed by atoms with Gasteiger partial charge in [-0.15, -0.1) is 0 Å².